The first-order chi connectivity index (χ1) is 11.6. The van der Waals surface area contributed by atoms with Gasteiger partial charge in [-0.05, 0) is 74.1 Å². The minimum Gasteiger partial charge on any atom is -0.466 e. The molecule has 4 rings (SSSR count). The highest BCUT2D eigenvalue weighted by molar-refractivity contribution is 9.10. The predicted molar refractivity (Wildman–Crippen MR) is 94.3 cm³/mol. The first kappa shape index (κ1) is 16.1. The lowest BCUT2D eigenvalue weighted by molar-refractivity contribution is -0.154. The van der Waals surface area contributed by atoms with Crippen LogP contribution < -0.4 is 5.32 Å². The fourth-order valence-corrected chi connectivity index (χ4v) is 5.59. The molecule has 3 saturated carbocycles. The van der Waals surface area contributed by atoms with Gasteiger partial charge in [-0.25, -0.2) is 0 Å². The maximum atomic E-state index is 13.0. The van der Waals surface area contributed by atoms with Gasteiger partial charge in [-0.3, -0.25) is 9.59 Å². The van der Waals surface area contributed by atoms with Gasteiger partial charge in [0.05, 0.1) is 18.4 Å². The van der Waals surface area contributed by atoms with Crippen LogP contribution in [0.5, 0.6) is 0 Å². The third-order valence-electron chi connectivity index (χ3n) is 6.32. The van der Waals surface area contributed by atoms with Crippen molar-refractivity contribution in [3.8, 4) is 0 Å². The number of amides is 1. The summed E-state index contributed by atoms with van der Waals surface area (Å²) in [5.74, 6) is -0.0223. The Morgan fingerprint density at radius 1 is 1.17 bits per heavy atom. The molecule has 24 heavy (non-hydrogen) atoms. The Hall–Kier alpha value is -1.36. The first-order valence-electron chi connectivity index (χ1n) is 8.80. The van der Waals surface area contributed by atoms with Gasteiger partial charge in [0.2, 0.25) is 5.91 Å². The fourth-order valence-electron chi connectivity index (χ4n) is 5.32. The van der Waals surface area contributed by atoms with Gasteiger partial charge in [-0.15, -0.1) is 0 Å². The van der Waals surface area contributed by atoms with Crippen molar-refractivity contribution >= 4 is 33.5 Å². The summed E-state index contributed by atoms with van der Waals surface area (Å²) in [6.45, 7) is 2.20. The van der Waals surface area contributed by atoms with Crippen molar-refractivity contribution in [1.82, 2.24) is 0 Å². The van der Waals surface area contributed by atoms with Crippen LogP contribution in [0.15, 0.2) is 28.7 Å². The summed E-state index contributed by atoms with van der Waals surface area (Å²) in [5.41, 5.74) is 1.03. The SMILES string of the molecule is CCOC(=O)[C@H]1C2CCC([C@H]1C(=O)Nc1ccc(Br)cc1)C21CC1. The Kier molecular flexibility index (Phi) is 3.94. The van der Waals surface area contributed by atoms with Crippen LogP contribution in [-0.2, 0) is 14.3 Å². The smallest absolute Gasteiger partial charge is 0.310 e. The number of carbonyl (C=O) groups excluding carboxylic acids is 2. The number of benzene rings is 1. The number of halogens is 1. The van der Waals surface area contributed by atoms with Crippen LogP contribution in [0, 0.1) is 29.1 Å². The van der Waals surface area contributed by atoms with E-state index in [2.05, 4.69) is 21.2 Å². The number of nitrogens with one attached hydrogen (secondary N) is 1. The zero-order chi connectivity index (χ0) is 16.9. The van der Waals surface area contributed by atoms with Gasteiger partial charge in [-0.1, -0.05) is 15.9 Å². The first-order valence-corrected chi connectivity index (χ1v) is 9.59. The number of hydrogen-bond donors (Lipinski definition) is 1. The quantitative estimate of drug-likeness (QED) is 0.788. The Morgan fingerprint density at radius 2 is 1.79 bits per heavy atom. The summed E-state index contributed by atoms with van der Waals surface area (Å²) in [6.07, 6.45) is 4.47. The molecule has 1 aromatic rings. The van der Waals surface area contributed by atoms with E-state index in [1.165, 1.54) is 12.8 Å². The number of rotatable bonds is 4. The van der Waals surface area contributed by atoms with Gasteiger partial charge in [0, 0.05) is 10.2 Å². The Bertz CT molecular complexity index is 668. The number of anilines is 1. The highest BCUT2D eigenvalue weighted by Gasteiger charge is 2.71. The van der Waals surface area contributed by atoms with Crippen LogP contribution >= 0.6 is 15.9 Å². The molecule has 0 heterocycles. The average Bonchev–Trinajstić information content (AvgIpc) is 3.23. The molecule has 4 nitrogen and oxygen atoms in total. The molecule has 0 aromatic heterocycles. The van der Waals surface area contributed by atoms with Gasteiger partial charge >= 0.3 is 5.97 Å². The van der Waals surface area contributed by atoms with Gasteiger partial charge < -0.3 is 10.1 Å². The zero-order valence-corrected chi connectivity index (χ0v) is 15.3. The second-order valence-corrected chi connectivity index (χ2v) is 8.24. The van der Waals surface area contributed by atoms with Crippen molar-refractivity contribution in [3.63, 3.8) is 0 Å². The van der Waals surface area contributed by atoms with Crippen molar-refractivity contribution in [2.24, 2.45) is 29.1 Å². The number of esters is 1. The second kappa shape index (κ2) is 5.87. The van der Waals surface area contributed by atoms with Crippen molar-refractivity contribution in [2.75, 3.05) is 11.9 Å². The molecule has 1 amide bonds. The number of ether oxygens (including phenoxy) is 1. The Labute approximate surface area is 150 Å². The molecule has 128 valence electrons. The lowest BCUT2D eigenvalue weighted by atomic mass is 9.78. The van der Waals surface area contributed by atoms with E-state index in [0.29, 0.717) is 18.4 Å². The summed E-state index contributed by atoms with van der Waals surface area (Å²) in [7, 11) is 0. The molecule has 5 heteroatoms. The van der Waals surface area contributed by atoms with E-state index >= 15 is 0 Å². The Morgan fingerprint density at radius 3 is 2.38 bits per heavy atom. The third kappa shape index (κ3) is 2.40. The summed E-state index contributed by atoms with van der Waals surface area (Å²) < 4.78 is 6.29. The predicted octanol–water partition coefficient (Wildman–Crippen LogP) is 4.00. The molecule has 0 aliphatic heterocycles. The molecule has 0 saturated heterocycles. The maximum absolute atomic E-state index is 13.0. The molecule has 3 fully saturated rings. The molecular weight excluding hydrogens is 370 g/mol. The molecule has 4 atom stereocenters. The van der Waals surface area contributed by atoms with Crippen LogP contribution in [0.2, 0.25) is 0 Å². The van der Waals surface area contributed by atoms with E-state index in [9.17, 15) is 9.59 Å². The molecule has 2 bridgehead atoms. The molecule has 0 radical (unpaired) electrons. The largest absolute Gasteiger partial charge is 0.466 e. The second-order valence-electron chi connectivity index (χ2n) is 7.32. The van der Waals surface area contributed by atoms with Gasteiger partial charge in [0.25, 0.3) is 0 Å². The van der Waals surface area contributed by atoms with Gasteiger partial charge in [-0.2, -0.15) is 0 Å². The van der Waals surface area contributed by atoms with Crippen molar-refractivity contribution < 1.29 is 14.3 Å². The normalized spacial score (nSPS) is 31.9. The van der Waals surface area contributed by atoms with E-state index < -0.39 is 0 Å². The van der Waals surface area contributed by atoms with E-state index in [-0.39, 0.29) is 29.1 Å². The van der Waals surface area contributed by atoms with Crippen LogP contribution in [0.3, 0.4) is 0 Å². The van der Waals surface area contributed by atoms with Crippen molar-refractivity contribution in [3.05, 3.63) is 28.7 Å². The van der Waals surface area contributed by atoms with Crippen molar-refractivity contribution in [1.29, 1.82) is 0 Å². The summed E-state index contributed by atoms with van der Waals surface area (Å²) in [5, 5.41) is 3.02. The fraction of sp³-hybridized carbons (Fsp3) is 0.579. The van der Waals surface area contributed by atoms with Crippen LogP contribution in [0.4, 0.5) is 5.69 Å². The lowest BCUT2D eigenvalue weighted by Crippen LogP contribution is -2.38. The third-order valence-corrected chi connectivity index (χ3v) is 6.85. The molecule has 1 N–H and O–H groups in total. The Balaban J connectivity index is 1.58. The number of carbonyl (C=O) groups is 2. The van der Waals surface area contributed by atoms with Gasteiger partial charge in [0.15, 0.2) is 0 Å². The van der Waals surface area contributed by atoms with Crippen LogP contribution in [-0.4, -0.2) is 18.5 Å². The van der Waals surface area contributed by atoms with Crippen molar-refractivity contribution in [2.45, 2.75) is 32.6 Å². The summed E-state index contributed by atoms with van der Waals surface area (Å²) in [6, 6.07) is 7.56. The minimum atomic E-state index is -0.262. The van der Waals surface area contributed by atoms with Crippen LogP contribution in [0.25, 0.3) is 0 Å². The topological polar surface area (TPSA) is 55.4 Å². The minimum absolute atomic E-state index is 0.0196. The number of hydrogen-bond acceptors (Lipinski definition) is 3. The summed E-state index contributed by atoms with van der Waals surface area (Å²) >= 11 is 3.40. The molecule has 3 aliphatic carbocycles. The summed E-state index contributed by atoms with van der Waals surface area (Å²) in [4.78, 5) is 25.5. The monoisotopic (exact) mass is 391 g/mol. The maximum Gasteiger partial charge on any atom is 0.310 e. The highest BCUT2D eigenvalue weighted by Crippen LogP contribution is 2.74. The zero-order valence-electron chi connectivity index (χ0n) is 13.8. The average molecular weight is 392 g/mol. The van der Waals surface area contributed by atoms with E-state index in [0.717, 1.165) is 23.0 Å². The molecule has 1 spiro atoms. The highest BCUT2D eigenvalue weighted by atomic mass is 79.9. The standard InChI is InChI=1S/C19H22BrNO3/c1-2-24-18(23)16-14-8-7-13(19(14)9-10-19)15(16)17(22)21-12-5-3-11(20)4-6-12/h3-6,13-16H,2,7-10H2,1H3,(H,21,22)/t13?,14?,15-,16+/m1/s1. The van der Waals surface area contributed by atoms with Crippen LogP contribution in [0.1, 0.15) is 32.6 Å². The van der Waals surface area contributed by atoms with E-state index in [1.807, 2.05) is 31.2 Å². The molecule has 3 aliphatic rings. The lowest BCUT2D eigenvalue weighted by Gasteiger charge is -2.28. The molecular formula is C19H22BrNO3. The van der Waals surface area contributed by atoms with E-state index in [4.69, 9.17) is 4.74 Å². The van der Waals surface area contributed by atoms with E-state index in [1.54, 1.807) is 0 Å². The van der Waals surface area contributed by atoms with Gasteiger partial charge in [0.1, 0.15) is 0 Å². The molecule has 1 aromatic carbocycles. The molecule has 2 unspecified atom stereocenters.